The van der Waals surface area contributed by atoms with Gasteiger partial charge in [-0.05, 0) is 120 Å². The molecule has 3 aromatic carbocycles. The van der Waals surface area contributed by atoms with Crippen LogP contribution in [-0.4, -0.2) is 10.6 Å². The minimum Gasteiger partial charge on any atom is -0.333 e. The Morgan fingerprint density at radius 3 is 2.38 bits per heavy atom. The lowest BCUT2D eigenvalue weighted by Gasteiger charge is -2.31. The Labute approximate surface area is 284 Å². The van der Waals surface area contributed by atoms with E-state index in [0.29, 0.717) is 11.8 Å². The maximum absolute atomic E-state index is 2.58. The second kappa shape index (κ2) is 11.3. The Morgan fingerprint density at radius 2 is 1.50 bits per heavy atom. The van der Waals surface area contributed by atoms with E-state index in [-0.39, 0.29) is 12.0 Å². The lowest BCUT2D eigenvalue weighted by molar-refractivity contribution is 0.493. The smallest absolute Gasteiger partial charge is 0.0637 e. The number of rotatable bonds is 4. The highest BCUT2D eigenvalue weighted by molar-refractivity contribution is 5.83. The first kappa shape index (κ1) is 28.0. The van der Waals surface area contributed by atoms with Crippen LogP contribution >= 0.6 is 0 Å². The molecule has 234 valence electrons. The predicted octanol–water partition coefficient (Wildman–Crippen LogP) is 11.4. The van der Waals surface area contributed by atoms with Gasteiger partial charge in [-0.25, -0.2) is 0 Å². The Morgan fingerprint density at radius 1 is 0.667 bits per heavy atom. The molecule has 4 unspecified atom stereocenters. The third-order valence-electron chi connectivity index (χ3n) is 11.6. The number of para-hydroxylation sites is 1. The summed E-state index contributed by atoms with van der Waals surface area (Å²) < 4.78 is 2.57. The molecule has 0 fully saturated rings. The van der Waals surface area contributed by atoms with Gasteiger partial charge in [0.25, 0.3) is 0 Å². The second-order valence-electron chi connectivity index (χ2n) is 14.2. The van der Waals surface area contributed by atoms with Gasteiger partial charge in [0, 0.05) is 34.6 Å². The van der Waals surface area contributed by atoms with Crippen molar-refractivity contribution in [1.82, 2.24) is 4.57 Å². The monoisotopic (exact) mass is 620 g/mol. The summed E-state index contributed by atoms with van der Waals surface area (Å²) in [6, 6.07) is 28.0. The van der Waals surface area contributed by atoms with Crippen LogP contribution in [-0.2, 0) is 6.42 Å². The summed E-state index contributed by atoms with van der Waals surface area (Å²) in [5.41, 5.74) is 16.4. The van der Waals surface area contributed by atoms with E-state index in [1.54, 1.807) is 0 Å². The van der Waals surface area contributed by atoms with Gasteiger partial charge in [-0.2, -0.15) is 0 Å². The largest absolute Gasteiger partial charge is 0.333 e. The van der Waals surface area contributed by atoms with E-state index in [0.717, 1.165) is 25.7 Å². The molecule has 6 aliphatic rings. The summed E-state index contributed by atoms with van der Waals surface area (Å²) in [6.45, 7) is 0. The maximum Gasteiger partial charge on any atom is 0.0637 e. The van der Waals surface area contributed by atoms with Crippen LogP contribution in [0.15, 0.2) is 134 Å². The molecule has 10 rings (SSSR count). The van der Waals surface area contributed by atoms with Crippen LogP contribution in [0.5, 0.6) is 0 Å². The second-order valence-corrected chi connectivity index (χ2v) is 14.2. The van der Waals surface area contributed by atoms with Gasteiger partial charge in [0.15, 0.2) is 0 Å². The average Bonchev–Trinajstić information content (AvgIpc) is 3.68. The summed E-state index contributed by atoms with van der Waals surface area (Å²) in [5.74, 6) is 1.47. The Hall–Kier alpha value is -5.08. The molecule has 0 amide bonds. The van der Waals surface area contributed by atoms with Crippen LogP contribution in [0.25, 0.3) is 29.0 Å². The first-order valence-corrected chi connectivity index (χ1v) is 18.0. The number of allylic oxidation sites excluding steroid dienone is 11. The van der Waals surface area contributed by atoms with E-state index < -0.39 is 0 Å². The quantitative estimate of drug-likeness (QED) is 0.206. The van der Waals surface area contributed by atoms with Crippen molar-refractivity contribution in [2.24, 2.45) is 11.8 Å². The van der Waals surface area contributed by atoms with Gasteiger partial charge in [-0.1, -0.05) is 109 Å². The summed E-state index contributed by atoms with van der Waals surface area (Å²) in [6.07, 6.45) is 35.2. The fourth-order valence-corrected chi connectivity index (χ4v) is 9.26. The zero-order valence-corrected chi connectivity index (χ0v) is 27.3. The molecule has 1 aliphatic heterocycles. The molecular weight excluding hydrogens is 581 g/mol. The number of fused-ring (bicyclic) bond motifs is 8. The van der Waals surface area contributed by atoms with Crippen molar-refractivity contribution in [3.8, 4) is 5.69 Å². The predicted molar refractivity (Wildman–Crippen MR) is 202 cm³/mol. The molecule has 4 aromatic rings. The van der Waals surface area contributed by atoms with Crippen molar-refractivity contribution in [2.75, 3.05) is 4.90 Å². The van der Waals surface area contributed by atoms with Crippen LogP contribution in [0.3, 0.4) is 0 Å². The van der Waals surface area contributed by atoms with E-state index in [2.05, 4.69) is 155 Å². The number of hydrogen-bond acceptors (Lipinski definition) is 1. The van der Waals surface area contributed by atoms with Gasteiger partial charge in [-0.15, -0.1) is 0 Å². The molecule has 1 aromatic heterocycles. The first-order chi connectivity index (χ1) is 23.8. The first-order valence-electron chi connectivity index (χ1n) is 18.0. The van der Waals surface area contributed by atoms with E-state index in [9.17, 15) is 0 Å². The van der Waals surface area contributed by atoms with Gasteiger partial charge in [0.2, 0.25) is 0 Å². The molecule has 2 nitrogen and oxygen atoms in total. The fourth-order valence-electron chi connectivity index (χ4n) is 9.26. The van der Waals surface area contributed by atoms with Crippen LogP contribution in [0.1, 0.15) is 77.2 Å². The van der Waals surface area contributed by atoms with Gasteiger partial charge in [0.05, 0.1) is 11.7 Å². The number of hydrogen-bond donors (Lipinski definition) is 0. The lowest BCUT2D eigenvalue weighted by atomic mass is 9.78. The van der Waals surface area contributed by atoms with Gasteiger partial charge >= 0.3 is 0 Å². The van der Waals surface area contributed by atoms with Crippen LogP contribution < -0.4 is 4.90 Å². The van der Waals surface area contributed by atoms with E-state index in [1.165, 1.54) is 80.3 Å². The number of nitrogens with zero attached hydrogens (tertiary/aromatic N) is 2. The number of aromatic nitrogens is 1. The van der Waals surface area contributed by atoms with E-state index in [4.69, 9.17) is 0 Å². The van der Waals surface area contributed by atoms with Crippen molar-refractivity contribution < 1.29 is 0 Å². The highest BCUT2D eigenvalue weighted by Crippen LogP contribution is 2.54. The SMILES string of the molecule is C1=CCCC(c2ccc(N3c4ccccc4C4c5c6c(n(-c7ccc(C8=CC9CCC=CC9C=C8)cc7)c5C=CC43)CCC=C6)cc2)=C1. The van der Waals surface area contributed by atoms with Crippen LogP contribution in [0.2, 0.25) is 0 Å². The molecule has 0 bridgehead atoms. The van der Waals surface area contributed by atoms with Crippen molar-refractivity contribution in [3.05, 3.63) is 173 Å². The summed E-state index contributed by atoms with van der Waals surface area (Å²) >= 11 is 0. The van der Waals surface area contributed by atoms with Crippen molar-refractivity contribution in [3.63, 3.8) is 0 Å². The average molecular weight is 621 g/mol. The maximum atomic E-state index is 2.58. The zero-order valence-electron chi connectivity index (χ0n) is 27.3. The molecule has 4 atom stereocenters. The Bertz CT molecular complexity index is 2140. The standard InChI is InChI=1S/C46H40N2/c1-2-10-31(11-3-1)33-20-24-37(25-21-33)47-41-16-8-6-14-39(41)45-43(47)28-29-44-46(45)40-15-7-9-17-42(40)48(44)38-26-22-34(23-27-38)36-19-18-32-12-4-5-13-35(32)30-36/h1-2,4,6-8,10,12,14-16,18-30,32,35,43,45H,3,5,9,11,13,17H2. The third-order valence-corrected chi connectivity index (χ3v) is 11.6. The molecule has 5 aliphatic carbocycles. The molecule has 0 saturated heterocycles. The van der Waals surface area contributed by atoms with Gasteiger partial charge < -0.3 is 9.47 Å². The van der Waals surface area contributed by atoms with E-state index >= 15 is 0 Å². The highest BCUT2D eigenvalue weighted by atomic mass is 15.2. The molecule has 2 heteroatoms. The third kappa shape index (κ3) is 4.39. The summed E-state index contributed by atoms with van der Waals surface area (Å²) in [4.78, 5) is 2.58. The van der Waals surface area contributed by atoms with Crippen LogP contribution in [0.4, 0.5) is 11.4 Å². The zero-order chi connectivity index (χ0) is 31.6. The molecular formula is C46H40N2. The fraction of sp³-hybridized carbons (Fsp3) is 0.217. The lowest BCUT2D eigenvalue weighted by Crippen LogP contribution is -2.30. The summed E-state index contributed by atoms with van der Waals surface area (Å²) in [7, 11) is 0. The highest BCUT2D eigenvalue weighted by Gasteiger charge is 2.44. The topological polar surface area (TPSA) is 8.17 Å². The molecule has 2 heterocycles. The van der Waals surface area contributed by atoms with Crippen LogP contribution in [0, 0.1) is 11.8 Å². The normalized spacial score (nSPS) is 24.4. The molecule has 0 spiro atoms. The van der Waals surface area contributed by atoms with Crippen molar-refractivity contribution in [1.29, 1.82) is 0 Å². The van der Waals surface area contributed by atoms with Crippen molar-refractivity contribution in [2.45, 2.75) is 50.5 Å². The number of anilines is 2. The molecule has 0 radical (unpaired) electrons. The molecule has 48 heavy (non-hydrogen) atoms. The van der Waals surface area contributed by atoms with Gasteiger partial charge in [-0.3, -0.25) is 0 Å². The number of benzene rings is 3. The molecule has 0 N–H and O–H groups in total. The Kier molecular flexibility index (Phi) is 6.57. The molecule has 0 saturated carbocycles. The van der Waals surface area contributed by atoms with E-state index in [1.807, 2.05) is 0 Å². The minimum atomic E-state index is 0.235. The Balaban J connectivity index is 1.04. The van der Waals surface area contributed by atoms with Crippen molar-refractivity contribution >= 4 is 34.7 Å². The van der Waals surface area contributed by atoms with Gasteiger partial charge in [0.1, 0.15) is 0 Å². The minimum absolute atomic E-state index is 0.235. The summed E-state index contributed by atoms with van der Waals surface area (Å²) in [5, 5.41) is 0.